The van der Waals surface area contributed by atoms with Crippen molar-refractivity contribution in [3.8, 4) is 11.8 Å². The van der Waals surface area contributed by atoms with Crippen molar-refractivity contribution < 1.29 is 13.9 Å². The predicted molar refractivity (Wildman–Crippen MR) is 87.4 cm³/mol. The summed E-state index contributed by atoms with van der Waals surface area (Å²) in [6.45, 7) is 3.79. The zero-order valence-corrected chi connectivity index (χ0v) is 13.2. The number of halogens is 1. The lowest BCUT2D eigenvalue weighted by atomic mass is 10.1. The summed E-state index contributed by atoms with van der Waals surface area (Å²) in [5.74, 6) is 5.51. The van der Waals surface area contributed by atoms with Crippen molar-refractivity contribution in [2.45, 2.75) is 20.5 Å². The largest absolute Gasteiger partial charge is 0.445 e. The molecule has 23 heavy (non-hydrogen) atoms. The van der Waals surface area contributed by atoms with Crippen LogP contribution < -0.4 is 5.32 Å². The number of benzene rings is 2. The Labute approximate surface area is 135 Å². The maximum atomic E-state index is 13.5. The molecule has 0 atom stereocenters. The van der Waals surface area contributed by atoms with Gasteiger partial charge in [-0.3, -0.25) is 0 Å². The standard InChI is InChI=1S/C19H18FNO2/c1-14-11-17(12-15(2)18(14)20)9-6-10-21-19(22)23-13-16-7-4-3-5-8-16/h3-5,7-8,11-12H,10,13H2,1-2H3,(H,21,22). The molecule has 0 aliphatic carbocycles. The van der Waals surface area contributed by atoms with E-state index in [1.54, 1.807) is 26.0 Å². The van der Waals surface area contributed by atoms with Crippen LogP contribution in [0.5, 0.6) is 0 Å². The van der Waals surface area contributed by atoms with Crippen LogP contribution in [0.25, 0.3) is 0 Å². The Kier molecular flexibility index (Phi) is 5.76. The minimum Gasteiger partial charge on any atom is -0.445 e. The Hall–Kier alpha value is -2.80. The molecule has 0 aliphatic rings. The van der Waals surface area contributed by atoms with Crippen molar-refractivity contribution in [1.29, 1.82) is 0 Å². The summed E-state index contributed by atoms with van der Waals surface area (Å²) in [4.78, 5) is 11.5. The predicted octanol–water partition coefficient (Wildman–Crippen LogP) is 3.72. The van der Waals surface area contributed by atoms with E-state index in [-0.39, 0.29) is 19.0 Å². The van der Waals surface area contributed by atoms with Crippen molar-refractivity contribution in [3.63, 3.8) is 0 Å². The fraction of sp³-hybridized carbons (Fsp3) is 0.211. The van der Waals surface area contributed by atoms with Crippen LogP contribution in [0.4, 0.5) is 9.18 Å². The number of amides is 1. The molecule has 0 spiro atoms. The van der Waals surface area contributed by atoms with Gasteiger partial charge in [0.1, 0.15) is 12.4 Å². The highest BCUT2D eigenvalue weighted by Gasteiger charge is 2.03. The van der Waals surface area contributed by atoms with Crippen LogP contribution in [-0.4, -0.2) is 12.6 Å². The zero-order chi connectivity index (χ0) is 16.7. The summed E-state index contributed by atoms with van der Waals surface area (Å²) in [6, 6.07) is 12.8. The summed E-state index contributed by atoms with van der Waals surface area (Å²) in [7, 11) is 0. The molecule has 0 saturated carbocycles. The monoisotopic (exact) mass is 311 g/mol. The number of carbonyl (C=O) groups excluding carboxylic acids is 1. The Morgan fingerprint density at radius 2 is 1.83 bits per heavy atom. The number of hydrogen-bond donors (Lipinski definition) is 1. The number of rotatable bonds is 3. The van der Waals surface area contributed by atoms with E-state index in [0.717, 1.165) is 11.1 Å². The number of aryl methyl sites for hydroxylation is 2. The maximum absolute atomic E-state index is 13.5. The van der Waals surface area contributed by atoms with Crippen molar-refractivity contribution in [2.75, 3.05) is 6.54 Å². The maximum Gasteiger partial charge on any atom is 0.408 e. The Morgan fingerprint density at radius 1 is 1.17 bits per heavy atom. The molecule has 4 heteroatoms. The van der Waals surface area contributed by atoms with Gasteiger partial charge in [-0.1, -0.05) is 42.2 Å². The minimum atomic E-state index is -0.519. The van der Waals surface area contributed by atoms with E-state index < -0.39 is 6.09 Å². The van der Waals surface area contributed by atoms with Gasteiger partial charge in [0.15, 0.2) is 0 Å². The fourth-order valence-electron chi connectivity index (χ4n) is 2.05. The Balaban J connectivity index is 1.80. The van der Waals surface area contributed by atoms with Crippen molar-refractivity contribution in [3.05, 3.63) is 70.5 Å². The summed E-state index contributed by atoms with van der Waals surface area (Å²) >= 11 is 0. The molecule has 0 bridgehead atoms. The molecule has 0 heterocycles. The number of nitrogens with one attached hydrogen (secondary N) is 1. The molecular weight excluding hydrogens is 293 g/mol. The molecule has 2 aromatic carbocycles. The van der Waals surface area contributed by atoms with Gasteiger partial charge in [-0.05, 0) is 42.7 Å². The molecule has 0 aliphatic heterocycles. The fourth-order valence-corrected chi connectivity index (χ4v) is 2.05. The summed E-state index contributed by atoms with van der Waals surface area (Å²) in [5.41, 5.74) is 2.76. The third kappa shape index (κ3) is 5.15. The van der Waals surface area contributed by atoms with E-state index in [9.17, 15) is 9.18 Å². The van der Waals surface area contributed by atoms with Gasteiger partial charge in [0.05, 0.1) is 6.54 Å². The molecule has 0 unspecified atom stereocenters. The highest BCUT2D eigenvalue weighted by molar-refractivity contribution is 5.67. The third-order valence-electron chi connectivity index (χ3n) is 3.20. The molecule has 0 radical (unpaired) electrons. The van der Waals surface area contributed by atoms with Crippen LogP contribution in [0.1, 0.15) is 22.3 Å². The van der Waals surface area contributed by atoms with Crippen LogP contribution in [0.15, 0.2) is 42.5 Å². The first-order chi connectivity index (χ1) is 11.1. The van der Waals surface area contributed by atoms with Crippen molar-refractivity contribution in [1.82, 2.24) is 5.32 Å². The van der Waals surface area contributed by atoms with Crippen LogP contribution in [0.2, 0.25) is 0 Å². The number of carbonyl (C=O) groups is 1. The normalized spacial score (nSPS) is 9.70. The summed E-state index contributed by atoms with van der Waals surface area (Å²) in [5, 5.41) is 2.55. The summed E-state index contributed by atoms with van der Waals surface area (Å²) in [6.07, 6.45) is -0.519. The number of hydrogen-bond acceptors (Lipinski definition) is 2. The summed E-state index contributed by atoms with van der Waals surface area (Å²) < 4.78 is 18.6. The zero-order valence-electron chi connectivity index (χ0n) is 13.2. The van der Waals surface area contributed by atoms with Crippen LogP contribution in [-0.2, 0) is 11.3 Å². The lowest BCUT2D eigenvalue weighted by Crippen LogP contribution is -2.24. The van der Waals surface area contributed by atoms with E-state index in [2.05, 4.69) is 17.2 Å². The first-order valence-electron chi connectivity index (χ1n) is 7.26. The lowest BCUT2D eigenvalue weighted by molar-refractivity contribution is 0.141. The average molecular weight is 311 g/mol. The molecule has 0 saturated heterocycles. The molecule has 3 nitrogen and oxygen atoms in total. The molecule has 0 aromatic heterocycles. The van der Waals surface area contributed by atoms with E-state index in [1.165, 1.54) is 0 Å². The first kappa shape index (κ1) is 16.6. The van der Waals surface area contributed by atoms with Crippen LogP contribution in [0.3, 0.4) is 0 Å². The molecule has 118 valence electrons. The SMILES string of the molecule is Cc1cc(C#CCNC(=O)OCc2ccccc2)cc(C)c1F. The quantitative estimate of drug-likeness (QED) is 0.877. The van der Waals surface area contributed by atoms with Crippen LogP contribution in [0, 0.1) is 31.5 Å². The van der Waals surface area contributed by atoms with Gasteiger partial charge in [-0.15, -0.1) is 0 Å². The van der Waals surface area contributed by atoms with E-state index in [0.29, 0.717) is 11.1 Å². The van der Waals surface area contributed by atoms with Gasteiger partial charge in [-0.25, -0.2) is 9.18 Å². The van der Waals surface area contributed by atoms with E-state index in [4.69, 9.17) is 4.74 Å². The van der Waals surface area contributed by atoms with Crippen molar-refractivity contribution in [2.24, 2.45) is 0 Å². The highest BCUT2D eigenvalue weighted by Crippen LogP contribution is 2.13. The van der Waals surface area contributed by atoms with Gasteiger partial charge < -0.3 is 10.1 Å². The smallest absolute Gasteiger partial charge is 0.408 e. The molecule has 0 fully saturated rings. The van der Waals surface area contributed by atoms with Gasteiger partial charge in [0.2, 0.25) is 0 Å². The van der Waals surface area contributed by atoms with Crippen molar-refractivity contribution >= 4 is 6.09 Å². The lowest BCUT2D eigenvalue weighted by Gasteiger charge is -2.04. The second-order valence-electron chi connectivity index (χ2n) is 5.14. The van der Waals surface area contributed by atoms with E-state index >= 15 is 0 Å². The van der Waals surface area contributed by atoms with Gasteiger partial charge in [0.25, 0.3) is 0 Å². The van der Waals surface area contributed by atoms with Gasteiger partial charge >= 0.3 is 6.09 Å². The molecule has 1 amide bonds. The second-order valence-corrected chi connectivity index (χ2v) is 5.14. The number of alkyl carbamates (subject to hydrolysis) is 1. The topological polar surface area (TPSA) is 38.3 Å². The Morgan fingerprint density at radius 3 is 2.48 bits per heavy atom. The first-order valence-corrected chi connectivity index (χ1v) is 7.26. The van der Waals surface area contributed by atoms with Gasteiger partial charge in [-0.2, -0.15) is 0 Å². The third-order valence-corrected chi connectivity index (χ3v) is 3.20. The van der Waals surface area contributed by atoms with Crippen LogP contribution >= 0.6 is 0 Å². The molecule has 2 aromatic rings. The van der Waals surface area contributed by atoms with Gasteiger partial charge in [0, 0.05) is 5.56 Å². The minimum absolute atomic E-state index is 0.170. The molecular formula is C19H18FNO2. The second kappa shape index (κ2) is 8.00. The number of ether oxygens (including phenoxy) is 1. The highest BCUT2D eigenvalue weighted by atomic mass is 19.1. The Bertz CT molecular complexity index is 722. The molecule has 2 rings (SSSR count). The van der Waals surface area contributed by atoms with E-state index in [1.807, 2.05) is 30.3 Å². The molecule has 1 N–H and O–H groups in total. The average Bonchev–Trinajstić information content (AvgIpc) is 2.55.